The number of benzene rings is 2. The highest BCUT2D eigenvalue weighted by Gasteiger charge is 2.22. The minimum absolute atomic E-state index is 0.0208. The molecule has 21 heavy (non-hydrogen) atoms. The molecule has 4 nitrogen and oxygen atoms in total. The van der Waals surface area contributed by atoms with Gasteiger partial charge in [-0.2, -0.15) is 0 Å². The van der Waals surface area contributed by atoms with Crippen LogP contribution in [0.1, 0.15) is 21.5 Å². The Kier molecular flexibility index (Phi) is 4.65. The van der Waals surface area contributed by atoms with Gasteiger partial charge in [-0.3, -0.25) is 4.79 Å². The topological polar surface area (TPSA) is 77.8 Å². The summed E-state index contributed by atoms with van der Waals surface area (Å²) < 4.78 is 1.17. The highest BCUT2D eigenvalue weighted by Crippen LogP contribution is 2.40. The number of phenols is 3. The highest BCUT2D eigenvalue weighted by molar-refractivity contribution is 9.13. The predicted octanol–water partition coefficient (Wildman–Crippen LogP) is 4.63. The molecule has 0 aliphatic rings. The number of ketones is 1. The summed E-state index contributed by atoms with van der Waals surface area (Å²) >= 11 is 9.71. The van der Waals surface area contributed by atoms with Crippen LogP contribution in [0.5, 0.6) is 17.2 Å². The number of hydrogen-bond acceptors (Lipinski definition) is 4. The van der Waals surface area contributed by atoms with Crippen LogP contribution in [-0.2, 0) is 0 Å². The molecule has 7 heteroatoms. The third-order valence-corrected chi connectivity index (χ3v) is 6.16. The summed E-state index contributed by atoms with van der Waals surface area (Å²) in [5.41, 5.74) is 1.00. The highest BCUT2D eigenvalue weighted by atomic mass is 79.9. The van der Waals surface area contributed by atoms with Crippen LogP contribution in [-0.4, -0.2) is 21.1 Å². The third-order valence-electron chi connectivity index (χ3n) is 3.01. The first-order valence-corrected chi connectivity index (χ1v) is 8.06. The Morgan fingerprint density at radius 1 is 0.905 bits per heavy atom. The first-order chi connectivity index (χ1) is 9.75. The Morgan fingerprint density at radius 3 is 2.14 bits per heavy atom. The molecule has 0 spiro atoms. The van der Waals surface area contributed by atoms with Crippen molar-refractivity contribution >= 4 is 53.6 Å². The van der Waals surface area contributed by atoms with E-state index in [4.69, 9.17) is 0 Å². The molecule has 0 saturated carbocycles. The lowest BCUT2D eigenvalue weighted by Crippen LogP contribution is -2.04. The summed E-state index contributed by atoms with van der Waals surface area (Å²) in [7, 11) is 0. The van der Waals surface area contributed by atoms with Gasteiger partial charge in [-0.1, -0.05) is 0 Å². The molecule has 110 valence electrons. The maximum atomic E-state index is 12.6. The molecular formula is C14H9Br3O4. The second-order valence-electron chi connectivity index (χ2n) is 4.32. The zero-order valence-corrected chi connectivity index (χ0v) is 15.4. The molecule has 0 radical (unpaired) electrons. The SMILES string of the molecule is Cc1c(O)cc(C(=O)c2ccc(O)c(O)c2Br)c(Br)c1Br. The van der Waals surface area contributed by atoms with E-state index in [0.29, 0.717) is 14.5 Å². The van der Waals surface area contributed by atoms with Gasteiger partial charge in [0, 0.05) is 25.6 Å². The monoisotopic (exact) mass is 478 g/mol. The van der Waals surface area contributed by atoms with Crippen molar-refractivity contribution in [3.05, 3.63) is 48.3 Å². The van der Waals surface area contributed by atoms with Crippen LogP contribution in [0.3, 0.4) is 0 Å². The van der Waals surface area contributed by atoms with Crippen LogP contribution >= 0.6 is 47.8 Å². The van der Waals surface area contributed by atoms with Crippen molar-refractivity contribution in [1.29, 1.82) is 0 Å². The van der Waals surface area contributed by atoms with Crippen LogP contribution < -0.4 is 0 Å². The minimum atomic E-state index is -0.417. The first kappa shape index (κ1) is 16.3. The molecule has 0 atom stereocenters. The van der Waals surface area contributed by atoms with E-state index in [1.54, 1.807) is 6.92 Å². The van der Waals surface area contributed by atoms with Gasteiger partial charge in [-0.05, 0) is 72.9 Å². The molecule has 0 aliphatic carbocycles. The van der Waals surface area contributed by atoms with E-state index < -0.39 is 11.5 Å². The molecule has 0 aliphatic heterocycles. The van der Waals surface area contributed by atoms with Gasteiger partial charge in [-0.25, -0.2) is 0 Å². The predicted molar refractivity (Wildman–Crippen MR) is 89.1 cm³/mol. The van der Waals surface area contributed by atoms with Gasteiger partial charge in [0.05, 0.1) is 4.47 Å². The lowest BCUT2D eigenvalue weighted by Gasteiger charge is -2.12. The molecule has 2 aromatic carbocycles. The summed E-state index contributed by atoms with van der Waals surface area (Å²) in [5, 5.41) is 29.0. The molecule has 2 rings (SSSR count). The number of hydrogen-bond donors (Lipinski definition) is 3. The molecule has 0 amide bonds. The molecule has 0 saturated heterocycles. The second kappa shape index (κ2) is 5.98. The maximum Gasteiger partial charge on any atom is 0.195 e. The van der Waals surface area contributed by atoms with E-state index in [1.165, 1.54) is 18.2 Å². The number of carbonyl (C=O) groups is 1. The summed E-state index contributed by atoms with van der Waals surface area (Å²) in [6.45, 7) is 1.71. The van der Waals surface area contributed by atoms with Crippen molar-refractivity contribution in [3.8, 4) is 17.2 Å². The maximum absolute atomic E-state index is 12.6. The Balaban J connectivity index is 2.64. The lowest BCUT2D eigenvalue weighted by molar-refractivity contribution is 0.103. The largest absolute Gasteiger partial charge is 0.508 e. The summed E-state index contributed by atoms with van der Waals surface area (Å²) in [6, 6.07) is 3.96. The average Bonchev–Trinajstić information content (AvgIpc) is 2.46. The molecule has 2 aromatic rings. The summed E-state index contributed by atoms with van der Waals surface area (Å²) in [6.07, 6.45) is 0. The zero-order chi connectivity index (χ0) is 15.9. The summed E-state index contributed by atoms with van der Waals surface area (Å²) in [5.74, 6) is -1.18. The van der Waals surface area contributed by atoms with Gasteiger partial charge in [-0.15, -0.1) is 0 Å². The van der Waals surface area contributed by atoms with Gasteiger partial charge in [0.1, 0.15) is 5.75 Å². The number of halogens is 3. The second-order valence-corrected chi connectivity index (χ2v) is 6.70. The van der Waals surface area contributed by atoms with E-state index in [9.17, 15) is 20.1 Å². The van der Waals surface area contributed by atoms with Crippen molar-refractivity contribution in [2.45, 2.75) is 6.92 Å². The zero-order valence-electron chi connectivity index (χ0n) is 10.6. The van der Waals surface area contributed by atoms with E-state index in [0.717, 1.165) is 0 Å². The number of aromatic hydroxyl groups is 3. The molecule has 3 N–H and O–H groups in total. The van der Waals surface area contributed by atoms with Crippen LogP contribution in [0.2, 0.25) is 0 Å². The van der Waals surface area contributed by atoms with Crippen molar-refractivity contribution in [2.75, 3.05) is 0 Å². The summed E-state index contributed by atoms with van der Waals surface area (Å²) in [4.78, 5) is 12.6. The van der Waals surface area contributed by atoms with Crippen LogP contribution in [0.4, 0.5) is 0 Å². The Labute approximate surface area is 145 Å². The lowest BCUT2D eigenvalue weighted by atomic mass is 10.0. The fourth-order valence-corrected chi connectivity index (χ4v) is 3.27. The van der Waals surface area contributed by atoms with Crippen molar-refractivity contribution < 1.29 is 20.1 Å². The van der Waals surface area contributed by atoms with Gasteiger partial charge in [0.15, 0.2) is 17.3 Å². The number of phenolic OH excluding ortho intramolecular Hbond substituents is 3. The minimum Gasteiger partial charge on any atom is -0.508 e. The fourth-order valence-electron chi connectivity index (χ4n) is 1.74. The van der Waals surface area contributed by atoms with Crippen molar-refractivity contribution in [3.63, 3.8) is 0 Å². The fraction of sp³-hybridized carbons (Fsp3) is 0.0714. The number of carbonyl (C=O) groups excluding carboxylic acids is 1. The van der Waals surface area contributed by atoms with E-state index in [1.807, 2.05) is 0 Å². The van der Waals surface area contributed by atoms with Crippen LogP contribution in [0.15, 0.2) is 31.6 Å². The Hall–Kier alpha value is -1.05. The third kappa shape index (κ3) is 2.82. The van der Waals surface area contributed by atoms with E-state index in [2.05, 4.69) is 47.8 Å². The van der Waals surface area contributed by atoms with Crippen LogP contribution in [0.25, 0.3) is 0 Å². The quantitative estimate of drug-likeness (QED) is 0.432. The smallest absolute Gasteiger partial charge is 0.195 e. The first-order valence-electron chi connectivity index (χ1n) is 5.68. The molecule has 0 bridgehead atoms. The Bertz CT molecular complexity index is 757. The Morgan fingerprint density at radius 2 is 1.52 bits per heavy atom. The van der Waals surface area contributed by atoms with Crippen molar-refractivity contribution in [1.82, 2.24) is 0 Å². The normalized spacial score (nSPS) is 10.7. The molecule has 0 heterocycles. The van der Waals surface area contributed by atoms with Gasteiger partial charge in [0.25, 0.3) is 0 Å². The molecule has 0 fully saturated rings. The van der Waals surface area contributed by atoms with Crippen LogP contribution in [0, 0.1) is 6.92 Å². The van der Waals surface area contributed by atoms with Gasteiger partial charge >= 0.3 is 0 Å². The van der Waals surface area contributed by atoms with Crippen molar-refractivity contribution in [2.24, 2.45) is 0 Å². The van der Waals surface area contributed by atoms with Gasteiger partial charge < -0.3 is 15.3 Å². The molecular weight excluding hydrogens is 472 g/mol. The van der Waals surface area contributed by atoms with E-state index >= 15 is 0 Å². The molecule has 0 aromatic heterocycles. The standard InChI is InChI=1S/C14H9Br3O4/c1-5-9(19)4-7(11(16)10(5)15)13(20)6-2-3-8(18)14(21)12(6)17/h2-4,18-19,21H,1H3. The van der Waals surface area contributed by atoms with Gasteiger partial charge in [0.2, 0.25) is 0 Å². The number of rotatable bonds is 2. The molecule has 0 unspecified atom stereocenters. The van der Waals surface area contributed by atoms with E-state index in [-0.39, 0.29) is 27.1 Å². The average molecular weight is 481 g/mol.